The van der Waals surface area contributed by atoms with Crippen molar-refractivity contribution >= 4 is 38.5 Å². The molecular formula is C9H9BrF2IN. The SMILES string of the molecule is Fc1ccc(Br)c(F)c1CNCCI. The summed E-state index contributed by atoms with van der Waals surface area (Å²) < 4.78 is 27.7. The molecule has 1 aromatic carbocycles. The molecule has 0 heterocycles. The van der Waals surface area contributed by atoms with Crippen LogP contribution in [0.25, 0.3) is 0 Å². The molecule has 0 spiro atoms. The molecule has 0 aliphatic carbocycles. The summed E-state index contributed by atoms with van der Waals surface area (Å²) in [6, 6.07) is 2.63. The third kappa shape index (κ3) is 3.13. The summed E-state index contributed by atoms with van der Waals surface area (Å²) in [6.45, 7) is 0.964. The van der Waals surface area contributed by atoms with E-state index in [1.54, 1.807) is 0 Å². The largest absolute Gasteiger partial charge is 0.312 e. The Bertz CT molecular complexity index is 320. The van der Waals surface area contributed by atoms with Gasteiger partial charge in [0.05, 0.1) is 4.47 Å². The van der Waals surface area contributed by atoms with E-state index in [0.717, 1.165) is 11.0 Å². The van der Waals surface area contributed by atoms with Crippen molar-refractivity contribution in [1.29, 1.82) is 0 Å². The van der Waals surface area contributed by atoms with Crippen LogP contribution in [-0.2, 0) is 6.54 Å². The van der Waals surface area contributed by atoms with Gasteiger partial charge in [-0.15, -0.1) is 0 Å². The van der Waals surface area contributed by atoms with Gasteiger partial charge in [-0.25, -0.2) is 8.78 Å². The molecule has 5 heteroatoms. The number of benzene rings is 1. The smallest absolute Gasteiger partial charge is 0.144 e. The number of hydrogen-bond acceptors (Lipinski definition) is 1. The van der Waals surface area contributed by atoms with Gasteiger partial charge in [0.2, 0.25) is 0 Å². The van der Waals surface area contributed by atoms with Crippen LogP contribution in [0.2, 0.25) is 0 Å². The Labute approximate surface area is 104 Å². The normalized spacial score (nSPS) is 10.6. The summed E-state index contributed by atoms with van der Waals surface area (Å²) in [7, 11) is 0. The maximum absolute atomic E-state index is 13.4. The minimum absolute atomic E-state index is 0.0872. The van der Waals surface area contributed by atoms with Crippen molar-refractivity contribution in [3.05, 3.63) is 33.8 Å². The molecule has 14 heavy (non-hydrogen) atoms. The lowest BCUT2D eigenvalue weighted by Crippen LogP contribution is -2.17. The van der Waals surface area contributed by atoms with Gasteiger partial charge in [-0.3, -0.25) is 0 Å². The average molecular weight is 376 g/mol. The first-order valence-electron chi connectivity index (χ1n) is 4.06. The molecular weight excluding hydrogens is 367 g/mol. The van der Waals surface area contributed by atoms with E-state index < -0.39 is 11.6 Å². The monoisotopic (exact) mass is 375 g/mol. The van der Waals surface area contributed by atoms with E-state index in [9.17, 15) is 8.78 Å². The highest BCUT2D eigenvalue weighted by atomic mass is 127. The molecule has 1 N–H and O–H groups in total. The molecule has 78 valence electrons. The lowest BCUT2D eigenvalue weighted by atomic mass is 10.2. The van der Waals surface area contributed by atoms with Crippen molar-refractivity contribution in [2.24, 2.45) is 0 Å². The number of rotatable bonds is 4. The molecule has 0 atom stereocenters. The van der Waals surface area contributed by atoms with E-state index in [4.69, 9.17) is 0 Å². The first-order chi connectivity index (χ1) is 6.66. The fourth-order valence-corrected chi connectivity index (χ4v) is 1.76. The van der Waals surface area contributed by atoms with Crippen LogP contribution in [0.1, 0.15) is 5.56 Å². The van der Waals surface area contributed by atoms with Gasteiger partial charge < -0.3 is 5.32 Å². The highest BCUT2D eigenvalue weighted by Crippen LogP contribution is 2.21. The summed E-state index contributed by atoms with van der Waals surface area (Å²) in [5.74, 6) is -1.03. The number of hydrogen-bond donors (Lipinski definition) is 1. The van der Waals surface area contributed by atoms with Crippen LogP contribution in [0, 0.1) is 11.6 Å². The summed E-state index contributed by atoms with van der Waals surface area (Å²) >= 11 is 5.21. The van der Waals surface area contributed by atoms with Gasteiger partial charge in [-0.05, 0) is 28.1 Å². The summed E-state index contributed by atoms with van der Waals surface area (Å²) in [5, 5.41) is 2.95. The minimum atomic E-state index is -0.522. The Hall–Kier alpha value is 0.250. The van der Waals surface area contributed by atoms with Gasteiger partial charge >= 0.3 is 0 Å². The van der Waals surface area contributed by atoms with Gasteiger partial charge in [-0.2, -0.15) is 0 Å². The topological polar surface area (TPSA) is 12.0 Å². The molecule has 0 bridgehead atoms. The predicted molar refractivity (Wildman–Crippen MR) is 64.7 cm³/mol. The lowest BCUT2D eigenvalue weighted by molar-refractivity contribution is 0.536. The maximum atomic E-state index is 13.4. The zero-order valence-corrected chi connectivity index (χ0v) is 11.0. The lowest BCUT2D eigenvalue weighted by Gasteiger charge is -2.06. The van der Waals surface area contributed by atoms with E-state index in [2.05, 4.69) is 43.8 Å². The molecule has 0 aliphatic rings. The molecule has 0 amide bonds. The summed E-state index contributed by atoms with van der Waals surface area (Å²) in [5.41, 5.74) is 0.0872. The molecule has 0 aromatic heterocycles. The Morgan fingerprint density at radius 1 is 1.36 bits per heavy atom. The second kappa shape index (κ2) is 5.97. The van der Waals surface area contributed by atoms with Crippen LogP contribution < -0.4 is 5.32 Å². The van der Waals surface area contributed by atoms with Crippen molar-refractivity contribution in [2.75, 3.05) is 11.0 Å². The van der Waals surface area contributed by atoms with E-state index in [1.807, 2.05) is 0 Å². The van der Waals surface area contributed by atoms with Gasteiger partial charge in [-0.1, -0.05) is 22.6 Å². The average Bonchev–Trinajstić information content (AvgIpc) is 2.18. The van der Waals surface area contributed by atoms with Gasteiger partial charge in [0.15, 0.2) is 0 Å². The van der Waals surface area contributed by atoms with Gasteiger partial charge in [0.25, 0.3) is 0 Å². The van der Waals surface area contributed by atoms with Crippen molar-refractivity contribution in [3.8, 4) is 0 Å². The molecule has 0 saturated carbocycles. The zero-order valence-electron chi connectivity index (χ0n) is 7.29. The highest BCUT2D eigenvalue weighted by molar-refractivity contribution is 14.1. The first-order valence-corrected chi connectivity index (χ1v) is 6.37. The number of halogens is 4. The van der Waals surface area contributed by atoms with Crippen LogP contribution in [0.3, 0.4) is 0 Å². The van der Waals surface area contributed by atoms with E-state index in [1.165, 1.54) is 12.1 Å². The molecule has 1 nitrogen and oxygen atoms in total. The number of alkyl halides is 1. The van der Waals surface area contributed by atoms with Crippen molar-refractivity contribution in [2.45, 2.75) is 6.54 Å². The molecule has 0 aliphatic heterocycles. The fraction of sp³-hybridized carbons (Fsp3) is 0.333. The molecule has 1 rings (SSSR count). The standard InChI is InChI=1S/C9H9BrF2IN/c10-7-1-2-8(11)6(9(7)12)5-14-4-3-13/h1-2,14H,3-5H2. The van der Waals surface area contributed by atoms with E-state index >= 15 is 0 Å². The predicted octanol–water partition coefficient (Wildman–Crippen LogP) is 3.25. The van der Waals surface area contributed by atoms with Gasteiger partial charge in [0.1, 0.15) is 11.6 Å². The van der Waals surface area contributed by atoms with Crippen LogP contribution in [0.5, 0.6) is 0 Å². The van der Waals surface area contributed by atoms with Crippen molar-refractivity contribution < 1.29 is 8.78 Å². The minimum Gasteiger partial charge on any atom is -0.312 e. The van der Waals surface area contributed by atoms with E-state index in [0.29, 0.717) is 4.47 Å². The molecule has 0 radical (unpaired) electrons. The molecule has 0 unspecified atom stereocenters. The first kappa shape index (κ1) is 12.3. The molecule has 0 fully saturated rings. The second-order valence-electron chi connectivity index (χ2n) is 2.69. The van der Waals surface area contributed by atoms with E-state index in [-0.39, 0.29) is 12.1 Å². The maximum Gasteiger partial charge on any atom is 0.144 e. The third-order valence-electron chi connectivity index (χ3n) is 1.71. The molecule has 0 saturated heterocycles. The Morgan fingerprint density at radius 2 is 2.07 bits per heavy atom. The quantitative estimate of drug-likeness (QED) is 0.368. The fourth-order valence-electron chi connectivity index (χ4n) is 1.01. The van der Waals surface area contributed by atoms with Crippen LogP contribution in [0.4, 0.5) is 8.78 Å². The van der Waals surface area contributed by atoms with Crippen LogP contribution in [0.15, 0.2) is 16.6 Å². The van der Waals surface area contributed by atoms with Crippen LogP contribution in [-0.4, -0.2) is 11.0 Å². The second-order valence-corrected chi connectivity index (χ2v) is 4.62. The zero-order chi connectivity index (χ0) is 10.6. The van der Waals surface area contributed by atoms with Crippen molar-refractivity contribution in [3.63, 3.8) is 0 Å². The Morgan fingerprint density at radius 3 is 2.71 bits per heavy atom. The summed E-state index contributed by atoms with van der Waals surface area (Å²) in [4.78, 5) is 0. The Kier molecular flexibility index (Phi) is 5.25. The Balaban J connectivity index is 2.79. The van der Waals surface area contributed by atoms with Crippen LogP contribution >= 0.6 is 38.5 Å². The molecule has 1 aromatic rings. The summed E-state index contributed by atoms with van der Waals surface area (Å²) in [6.07, 6.45) is 0. The van der Waals surface area contributed by atoms with Gasteiger partial charge in [0, 0.05) is 23.1 Å². The number of nitrogens with one attached hydrogen (secondary N) is 1. The highest BCUT2D eigenvalue weighted by Gasteiger charge is 2.11. The van der Waals surface area contributed by atoms with Crippen molar-refractivity contribution in [1.82, 2.24) is 5.32 Å². The third-order valence-corrected chi connectivity index (χ3v) is 2.86.